The van der Waals surface area contributed by atoms with Crippen LogP contribution in [0.2, 0.25) is 0 Å². The molecule has 0 spiro atoms. The molecule has 8 aromatic carbocycles. The van der Waals surface area contributed by atoms with Crippen molar-refractivity contribution in [2.24, 2.45) is 0 Å². The van der Waals surface area contributed by atoms with Crippen LogP contribution in [-0.4, -0.2) is 15.0 Å². The Morgan fingerprint density at radius 1 is 0.220 bits per heavy atom. The molecule has 0 aliphatic carbocycles. The Morgan fingerprint density at radius 2 is 0.600 bits per heavy atom. The predicted octanol–water partition coefficient (Wildman–Crippen LogP) is 12.2. The van der Waals surface area contributed by atoms with Gasteiger partial charge in [-0.05, 0) is 54.9 Å². The van der Waals surface area contributed by atoms with Crippen molar-refractivity contribution in [3.05, 3.63) is 188 Å². The van der Waals surface area contributed by atoms with Gasteiger partial charge >= 0.3 is 0 Å². The van der Waals surface area contributed by atoms with E-state index in [1.165, 1.54) is 38.6 Å². The molecule has 0 unspecified atom stereocenters. The van der Waals surface area contributed by atoms with E-state index in [2.05, 4.69) is 158 Å². The summed E-state index contributed by atoms with van der Waals surface area (Å²) in [5.41, 5.74) is 9.97. The van der Waals surface area contributed by atoms with E-state index in [1.54, 1.807) is 0 Å². The van der Waals surface area contributed by atoms with Crippen molar-refractivity contribution in [2.75, 3.05) is 0 Å². The van der Waals surface area contributed by atoms with Gasteiger partial charge in [-0.3, -0.25) is 0 Å². The van der Waals surface area contributed by atoms with Gasteiger partial charge in [0.2, 0.25) is 0 Å². The zero-order chi connectivity index (χ0) is 33.3. The van der Waals surface area contributed by atoms with Gasteiger partial charge in [0.05, 0.1) is 0 Å². The fourth-order valence-electron chi connectivity index (χ4n) is 6.95. The van der Waals surface area contributed by atoms with Crippen molar-refractivity contribution in [1.29, 1.82) is 0 Å². The van der Waals surface area contributed by atoms with Gasteiger partial charge in [0.15, 0.2) is 17.5 Å². The number of benzene rings is 8. The van der Waals surface area contributed by atoms with E-state index in [1.807, 2.05) is 30.3 Å². The molecule has 0 fully saturated rings. The van der Waals surface area contributed by atoms with Gasteiger partial charge < -0.3 is 0 Å². The Bertz CT molecular complexity index is 2620. The van der Waals surface area contributed by atoms with Crippen molar-refractivity contribution in [1.82, 2.24) is 15.0 Å². The summed E-state index contributed by atoms with van der Waals surface area (Å²) in [5.74, 6) is 1.93. The van der Waals surface area contributed by atoms with Crippen LogP contribution in [0.15, 0.2) is 188 Å². The quantitative estimate of drug-likeness (QED) is 0.182. The van der Waals surface area contributed by atoms with Gasteiger partial charge in [-0.25, -0.2) is 15.0 Å². The average Bonchev–Trinajstić information content (AvgIpc) is 3.21. The van der Waals surface area contributed by atoms with E-state index in [-0.39, 0.29) is 0 Å². The lowest BCUT2D eigenvalue weighted by Gasteiger charge is -2.14. The van der Waals surface area contributed by atoms with E-state index >= 15 is 0 Å². The Morgan fingerprint density at radius 3 is 1.28 bits per heavy atom. The molecule has 0 aliphatic heterocycles. The Hall–Kier alpha value is -6.71. The van der Waals surface area contributed by atoms with Crippen molar-refractivity contribution in [3.63, 3.8) is 0 Å². The number of rotatable bonds is 6. The smallest absolute Gasteiger partial charge is 0.164 e. The molecule has 0 saturated carbocycles. The second-order valence-corrected chi connectivity index (χ2v) is 12.4. The summed E-state index contributed by atoms with van der Waals surface area (Å²) in [4.78, 5) is 15.3. The van der Waals surface area contributed by atoms with Crippen LogP contribution >= 0.6 is 0 Å². The molecule has 50 heavy (non-hydrogen) atoms. The lowest BCUT2D eigenvalue weighted by molar-refractivity contribution is 1.08. The lowest BCUT2D eigenvalue weighted by atomic mass is 9.92. The molecule has 0 bridgehead atoms. The fourth-order valence-corrected chi connectivity index (χ4v) is 6.95. The predicted molar refractivity (Wildman–Crippen MR) is 207 cm³/mol. The molecular formula is C47H31N3. The van der Waals surface area contributed by atoms with Crippen LogP contribution in [0.25, 0.3) is 89.1 Å². The van der Waals surface area contributed by atoms with E-state index < -0.39 is 0 Å². The largest absolute Gasteiger partial charge is 0.208 e. The molecular weight excluding hydrogens is 607 g/mol. The second-order valence-electron chi connectivity index (χ2n) is 12.4. The summed E-state index contributed by atoms with van der Waals surface area (Å²) in [6, 6.07) is 65.8. The highest BCUT2D eigenvalue weighted by atomic mass is 15.0. The molecule has 3 nitrogen and oxygen atoms in total. The van der Waals surface area contributed by atoms with Gasteiger partial charge in [-0.2, -0.15) is 0 Å². The first-order valence-electron chi connectivity index (χ1n) is 16.9. The summed E-state index contributed by atoms with van der Waals surface area (Å²) in [6.07, 6.45) is 0. The maximum absolute atomic E-state index is 5.15. The van der Waals surface area contributed by atoms with Crippen LogP contribution in [0, 0.1) is 0 Å². The second kappa shape index (κ2) is 12.7. The van der Waals surface area contributed by atoms with Crippen LogP contribution in [0.5, 0.6) is 0 Å². The first-order chi connectivity index (χ1) is 24.8. The summed E-state index contributed by atoms with van der Waals surface area (Å²) < 4.78 is 0. The van der Waals surface area contributed by atoms with Crippen LogP contribution in [0.4, 0.5) is 0 Å². The molecule has 1 aromatic heterocycles. The highest BCUT2D eigenvalue weighted by Gasteiger charge is 2.16. The lowest BCUT2D eigenvalue weighted by Crippen LogP contribution is -2.00. The van der Waals surface area contributed by atoms with Gasteiger partial charge in [-0.1, -0.05) is 188 Å². The molecule has 0 N–H and O–H groups in total. The molecule has 1 heterocycles. The Labute approximate surface area is 291 Å². The van der Waals surface area contributed by atoms with E-state index in [4.69, 9.17) is 15.0 Å². The number of hydrogen-bond acceptors (Lipinski definition) is 3. The highest BCUT2D eigenvalue weighted by Crippen LogP contribution is 2.38. The van der Waals surface area contributed by atoms with Gasteiger partial charge in [0.25, 0.3) is 0 Å². The van der Waals surface area contributed by atoms with Crippen LogP contribution < -0.4 is 0 Å². The summed E-state index contributed by atoms with van der Waals surface area (Å²) in [5, 5.41) is 4.71. The summed E-state index contributed by atoms with van der Waals surface area (Å²) >= 11 is 0. The van der Waals surface area contributed by atoms with Crippen LogP contribution in [-0.2, 0) is 0 Å². The monoisotopic (exact) mass is 637 g/mol. The Balaban J connectivity index is 1.18. The summed E-state index contributed by atoms with van der Waals surface area (Å²) in [6.45, 7) is 0. The first-order valence-corrected chi connectivity index (χ1v) is 16.9. The number of nitrogens with zero attached hydrogens (tertiary/aromatic N) is 3. The maximum Gasteiger partial charge on any atom is 0.164 e. The average molecular weight is 638 g/mol. The molecule has 9 aromatic rings. The third-order valence-corrected chi connectivity index (χ3v) is 9.38. The molecule has 0 radical (unpaired) electrons. The van der Waals surface area contributed by atoms with Gasteiger partial charge in [-0.15, -0.1) is 0 Å². The molecule has 234 valence electrons. The molecule has 0 atom stereocenters. The van der Waals surface area contributed by atoms with Crippen molar-refractivity contribution in [2.45, 2.75) is 0 Å². The van der Waals surface area contributed by atoms with Gasteiger partial charge in [0, 0.05) is 16.7 Å². The molecule has 0 aliphatic rings. The molecule has 0 amide bonds. The van der Waals surface area contributed by atoms with Crippen molar-refractivity contribution in [3.8, 4) is 67.5 Å². The minimum absolute atomic E-state index is 0.638. The third kappa shape index (κ3) is 5.41. The van der Waals surface area contributed by atoms with Crippen molar-refractivity contribution >= 4 is 21.5 Å². The fraction of sp³-hybridized carbons (Fsp3) is 0. The highest BCUT2D eigenvalue weighted by molar-refractivity contribution is 6.08. The number of fused-ring (bicyclic) bond motifs is 2. The summed E-state index contributed by atoms with van der Waals surface area (Å²) in [7, 11) is 0. The maximum atomic E-state index is 5.15. The standard InChI is InChI=1S/C47H31N3/c1-3-14-32(15-4-1)37-20-9-10-21-38(37)34-28-30-36(31-29-34)46-48-45(35-17-5-2-6-18-35)49-47(50-46)44-27-13-25-42-41(24-12-26-43(42)44)40-23-11-19-33-16-7-8-22-39(33)40/h1-31H. The Kier molecular flexibility index (Phi) is 7.49. The topological polar surface area (TPSA) is 38.7 Å². The number of hydrogen-bond donors (Lipinski definition) is 0. The molecule has 3 heteroatoms. The third-order valence-electron chi connectivity index (χ3n) is 9.38. The minimum Gasteiger partial charge on any atom is -0.208 e. The zero-order valence-corrected chi connectivity index (χ0v) is 27.2. The normalized spacial score (nSPS) is 11.2. The first kappa shape index (κ1) is 29.4. The van der Waals surface area contributed by atoms with Crippen molar-refractivity contribution < 1.29 is 0 Å². The molecule has 9 rings (SSSR count). The molecule has 0 saturated heterocycles. The number of aromatic nitrogens is 3. The van der Waals surface area contributed by atoms with Crippen LogP contribution in [0.1, 0.15) is 0 Å². The van der Waals surface area contributed by atoms with E-state index in [0.717, 1.165) is 33.0 Å². The van der Waals surface area contributed by atoms with Crippen LogP contribution in [0.3, 0.4) is 0 Å². The SMILES string of the molecule is c1ccc(-c2nc(-c3ccc(-c4ccccc4-c4ccccc4)cc3)nc(-c3cccc4c(-c5cccc6ccccc56)cccc34)n2)cc1. The zero-order valence-electron chi connectivity index (χ0n) is 27.2. The van der Waals surface area contributed by atoms with Gasteiger partial charge in [0.1, 0.15) is 0 Å². The van der Waals surface area contributed by atoms with E-state index in [0.29, 0.717) is 17.5 Å². The van der Waals surface area contributed by atoms with E-state index in [9.17, 15) is 0 Å². The minimum atomic E-state index is 0.638.